The Bertz CT molecular complexity index is 189. The van der Waals surface area contributed by atoms with Crippen LogP contribution in [0.5, 0.6) is 0 Å². The molecule has 0 heterocycles. The van der Waals surface area contributed by atoms with Crippen molar-refractivity contribution in [3.05, 3.63) is 35.9 Å². The third-order valence-corrected chi connectivity index (χ3v) is 3.01. The smallest absolute Gasteiger partial charge is 0.00641 e. The summed E-state index contributed by atoms with van der Waals surface area (Å²) >= 11 is 2.45. The Morgan fingerprint density at radius 1 is 1.27 bits per heavy atom. The molecule has 0 aliphatic rings. The van der Waals surface area contributed by atoms with Crippen LogP contribution in [0.25, 0.3) is 0 Å². The minimum absolute atomic E-state index is 0.747. The highest BCUT2D eigenvalue weighted by Gasteiger charge is 2.04. The van der Waals surface area contributed by atoms with Gasteiger partial charge in [0.15, 0.2) is 0 Å². The average Bonchev–Trinajstić information content (AvgIpc) is 2.09. The molecule has 0 aliphatic carbocycles. The molecule has 1 atom stereocenters. The quantitative estimate of drug-likeness (QED) is 0.575. The third kappa shape index (κ3) is 2.47. The van der Waals surface area contributed by atoms with E-state index in [4.69, 9.17) is 0 Å². The molecule has 1 heteroatoms. The first-order valence-corrected chi connectivity index (χ1v) is 5.52. The summed E-state index contributed by atoms with van der Waals surface area (Å²) in [5.74, 6) is 0.747. The fraction of sp³-hybridized carbons (Fsp3) is 0.400. The lowest BCUT2D eigenvalue weighted by Gasteiger charge is -2.10. The standard InChI is InChI=1S/C10H13I/c1-2-9(8-11)10-6-4-3-5-7-10/h3-7,9H,2,8H2,1H3/t9-/m1/s1. The van der Waals surface area contributed by atoms with E-state index in [-0.39, 0.29) is 0 Å². The molecule has 0 fully saturated rings. The molecule has 0 N–H and O–H groups in total. The molecule has 0 radical (unpaired) electrons. The summed E-state index contributed by atoms with van der Waals surface area (Å²) in [6.45, 7) is 2.25. The van der Waals surface area contributed by atoms with Gasteiger partial charge in [-0.3, -0.25) is 0 Å². The highest BCUT2D eigenvalue weighted by atomic mass is 127. The van der Waals surface area contributed by atoms with Crippen LogP contribution >= 0.6 is 22.6 Å². The van der Waals surface area contributed by atoms with Crippen molar-refractivity contribution < 1.29 is 0 Å². The maximum atomic E-state index is 2.45. The number of hydrogen-bond donors (Lipinski definition) is 0. The molecule has 1 rings (SSSR count). The van der Waals surface area contributed by atoms with Gasteiger partial charge in [-0.1, -0.05) is 59.8 Å². The van der Waals surface area contributed by atoms with Crippen LogP contribution in [0.1, 0.15) is 24.8 Å². The summed E-state index contributed by atoms with van der Waals surface area (Å²) in [5.41, 5.74) is 1.48. The van der Waals surface area contributed by atoms with Gasteiger partial charge in [-0.05, 0) is 17.9 Å². The number of rotatable bonds is 3. The van der Waals surface area contributed by atoms with Gasteiger partial charge in [0.05, 0.1) is 0 Å². The topological polar surface area (TPSA) is 0 Å². The predicted octanol–water partition coefficient (Wildman–Crippen LogP) is 3.62. The molecule has 0 saturated heterocycles. The molecule has 1 aromatic carbocycles. The van der Waals surface area contributed by atoms with Gasteiger partial charge >= 0.3 is 0 Å². The summed E-state index contributed by atoms with van der Waals surface area (Å²) in [6, 6.07) is 10.7. The first-order chi connectivity index (χ1) is 5.38. The van der Waals surface area contributed by atoms with Crippen molar-refractivity contribution in [1.82, 2.24) is 0 Å². The Hall–Kier alpha value is -0.0500. The van der Waals surface area contributed by atoms with Crippen molar-refractivity contribution in [2.75, 3.05) is 4.43 Å². The van der Waals surface area contributed by atoms with E-state index in [1.807, 2.05) is 0 Å². The first-order valence-electron chi connectivity index (χ1n) is 3.99. The molecule has 11 heavy (non-hydrogen) atoms. The Labute approximate surface area is 82.2 Å². The largest absolute Gasteiger partial charge is 0.0857 e. The summed E-state index contributed by atoms with van der Waals surface area (Å²) in [5, 5.41) is 0. The van der Waals surface area contributed by atoms with Crippen LogP contribution in [0.3, 0.4) is 0 Å². The molecule has 0 unspecified atom stereocenters. The number of hydrogen-bond acceptors (Lipinski definition) is 0. The van der Waals surface area contributed by atoms with E-state index in [0.717, 1.165) is 5.92 Å². The van der Waals surface area contributed by atoms with Crippen LogP contribution < -0.4 is 0 Å². The van der Waals surface area contributed by atoms with Gasteiger partial charge in [0.2, 0.25) is 0 Å². The van der Waals surface area contributed by atoms with Crippen molar-refractivity contribution in [2.24, 2.45) is 0 Å². The number of alkyl halides is 1. The molecule has 0 aliphatic heterocycles. The zero-order chi connectivity index (χ0) is 8.10. The molecule has 0 amide bonds. The van der Waals surface area contributed by atoms with Crippen molar-refractivity contribution in [3.8, 4) is 0 Å². The number of benzene rings is 1. The summed E-state index contributed by atoms with van der Waals surface area (Å²) in [7, 11) is 0. The zero-order valence-corrected chi connectivity index (χ0v) is 8.91. The van der Waals surface area contributed by atoms with E-state index in [1.165, 1.54) is 16.4 Å². The fourth-order valence-electron chi connectivity index (χ4n) is 1.16. The van der Waals surface area contributed by atoms with Gasteiger partial charge < -0.3 is 0 Å². The van der Waals surface area contributed by atoms with Crippen molar-refractivity contribution in [3.63, 3.8) is 0 Å². The second-order valence-electron chi connectivity index (χ2n) is 2.67. The van der Waals surface area contributed by atoms with E-state index < -0.39 is 0 Å². The van der Waals surface area contributed by atoms with Crippen molar-refractivity contribution in [1.29, 1.82) is 0 Å². The Morgan fingerprint density at radius 2 is 1.91 bits per heavy atom. The van der Waals surface area contributed by atoms with Crippen LogP contribution in [-0.2, 0) is 0 Å². The zero-order valence-electron chi connectivity index (χ0n) is 6.76. The van der Waals surface area contributed by atoms with Gasteiger partial charge in [0, 0.05) is 4.43 Å². The maximum Gasteiger partial charge on any atom is 0.00641 e. The Balaban J connectivity index is 2.74. The van der Waals surface area contributed by atoms with E-state index in [9.17, 15) is 0 Å². The molecular formula is C10H13I. The Morgan fingerprint density at radius 3 is 2.36 bits per heavy atom. The van der Waals surface area contributed by atoms with Crippen molar-refractivity contribution in [2.45, 2.75) is 19.3 Å². The lowest BCUT2D eigenvalue weighted by molar-refractivity contribution is 0.754. The van der Waals surface area contributed by atoms with Gasteiger partial charge in [0.1, 0.15) is 0 Å². The van der Waals surface area contributed by atoms with Gasteiger partial charge in [0.25, 0.3) is 0 Å². The van der Waals surface area contributed by atoms with E-state index in [2.05, 4.69) is 59.8 Å². The SMILES string of the molecule is CC[C@H](CI)c1ccccc1. The lowest BCUT2D eigenvalue weighted by atomic mass is 9.99. The third-order valence-electron chi connectivity index (χ3n) is 1.95. The maximum absolute atomic E-state index is 2.45. The van der Waals surface area contributed by atoms with Gasteiger partial charge in [-0.25, -0.2) is 0 Å². The van der Waals surface area contributed by atoms with Gasteiger partial charge in [-0.2, -0.15) is 0 Å². The fourth-order valence-corrected chi connectivity index (χ4v) is 2.29. The predicted molar refractivity (Wildman–Crippen MR) is 58.4 cm³/mol. The highest BCUT2D eigenvalue weighted by molar-refractivity contribution is 14.1. The monoisotopic (exact) mass is 260 g/mol. The Kier molecular flexibility index (Phi) is 3.91. The minimum Gasteiger partial charge on any atom is -0.0857 e. The van der Waals surface area contributed by atoms with Crippen LogP contribution in [0.15, 0.2) is 30.3 Å². The molecule has 0 spiro atoms. The summed E-state index contributed by atoms with van der Waals surface area (Å²) in [4.78, 5) is 0. The van der Waals surface area contributed by atoms with Crippen LogP contribution in [0.4, 0.5) is 0 Å². The highest BCUT2D eigenvalue weighted by Crippen LogP contribution is 2.20. The minimum atomic E-state index is 0.747. The molecule has 0 bridgehead atoms. The van der Waals surface area contributed by atoms with E-state index in [1.54, 1.807) is 0 Å². The summed E-state index contributed by atoms with van der Waals surface area (Å²) in [6.07, 6.45) is 1.24. The summed E-state index contributed by atoms with van der Waals surface area (Å²) < 4.78 is 1.22. The second-order valence-corrected chi connectivity index (χ2v) is 3.55. The second kappa shape index (κ2) is 4.75. The molecule has 0 aromatic heterocycles. The molecule has 0 saturated carbocycles. The first kappa shape index (κ1) is 9.04. The van der Waals surface area contributed by atoms with Crippen molar-refractivity contribution >= 4 is 22.6 Å². The molecular weight excluding hydrogens is 247 g/mol. The lowest BCUT2D eigenvalue weighted by Crippen LogP contribution is -1.96. The molecule has 60 valence electrons. The number of halogens is 1. The van der Waals surface area contributed by atoms with Crippen LogP contribution in [0, 0.1) is 0 Å². The molecule has 0 nitrogen and oxygen atoms in total. The average molecular weight is 260 g/mol. The molecule has 1 aromatic rings. The van der Waals surface area contributed by atoms with E-state index in [0.29, 0.717) is 0 Å². The van der Waals surface area contributed by atoms with Crippen LogP contribution in [0.2, 0.25) is 0 Å². The van der Waals surface area contributed by atoms with E-state index >= 15 is 0 Å². The van der Waals surface area contributed by atoms with Crippen LogP contribution in [-0.4, -0.2) is 4.43 Å². The normalized spacial score (nSPS) is 12.9. The van der Waals surface area contributed by atoms with Gasteiger partial charge in [-0.15, -0.1) is 0 Å².